The summed E-state index contributed by atoms with van der Waals surface area (Å²) in [6.45, 7) is 0. The minimum absolute atomic E-state index is 0.226. The molecule has 1 aromatic heterocycles. The lowest BCUT2D eigenvalue weighted by molar-refractivity contribution is -0.572. The highest BCUT2D eigenvalue weighted by atomic mass is 16.7. The summed E-state index contributed by atoms with van der Waals surface area (Å²) >= 11 is 0. The van der Waals surface area contributed by atoms with Gasteiger partial charge >= 0.3 is 6.23 Å². The standard InChI is InChI=1S/C7H6N2O4/c10-6-5-4(2-1-3-8-5)13-7(6)9(11)12/h1-3,6-7,10H/t6-,7+/m0/s1. The molecule has 0 aromatic carbocycles. The first kappa shape index (κ1) is 7.93. The fourth-order valence-electron chi connectivity index (χ4n) is 1.21. The molecule has 0 fully saturated rings. The molecule has 1 aliphatic heterocycles. The number of ether oxygens (including phenoxy) is 1. The van der Waals surface area contributed by atoms with Crippen LogP contribution in [0.3, 0.4) is 0 Å². The third-order valence-corrected chi connectivity index (χ3v) is 1.81. The summed E-state index contributed by atoms with van der Waals surface area (Å²) in [5, 5.41) is 19.8. The predicted octanol–water partition coefficient (Wildman–Crippen LogP) is 0.110. The van der Waals surface area contributed by atoms with Gasteiger partial charge in [-0.2, -0.15) is 0 Å². The van der Waals surface area contributed by atoms with Crippen molar-refractivity contribution >= 4 is 0 Å². The Labute approximate surface area is 72.9 Å². The van der Waals surface area contributed by atoms with Crippen LogP contribution in [0.25, 0.3) is 0 Å². The van der Waals surface area contributed by atoms with Gasteiger partial charge in [-0.05, 0) is 12.1 Å². The van der Waals surface area contributed by atoms with E-state index in [2.05, 4.69) is 4.98 Å². The molecular weight excluding hydrogens is 176 g/mol. The Hall–Kier alpha value is -1.69. The molecule has 1 aromatic rings. The molecule has 13 heavy (non-hydrogen) atoms. The number of hydrogen-bond acceptors (Lipinski definition) is 5. The van der Waals surface area contributed by atoms with Gasteiger partial charge in [0.15, 0.2) is 5.75 Å². The molecule has 0 saturated carbocycles. The average molecular weight is 182 g/mol. The molecule has 0 saturated heterocycles. The number of aliphatic hydroxyl groups excluding tert-OH is 1. The van der Waals surface area contributed by atoms with Crippen molar-refractivity contribution in [2.75, 3.05) is 0 Å². The van der Waals surface area contributed by atoms with Gasteiger partial charge in [-0.15, -0.1) is 0 Å². The number of hydrogen-bond donors (Lipinski definition) is 1. The van der Waals surface area contributed by atoms with Crippen molar-refractivity contribution in [3.8, 4) is 5.75 Å². The number of aromatic nitrogens is 1. The second-order valence-electron chi connectivity index (χ2n) is 2.63. The molecule has 68 valence electrons. The van der Waals surface area contributed by atoms with Crippen LogP contribution in [0.4, 0.5) is 0 Å². The largest absolute Gasteiger partial charge is 0.426 e. The van der Waals surface area contributed by atoms with E-state index < -0.39 is 17.3 Å². The lowest BCUT2D eigenvalue weighted by Gasteiger charge is -2.03. The monoisotopic (exact) mass is 182 g/mol. The van der Waals surface area contributed by atoms with Crippen LogP contribution in [0, 0.1) is 10.1 Å². The van der Waals surface area contributed by atoms with Crippen LogP contribution < -0.4 is 4.74 Å². The summed E-state index contributed by atoms with van der Waals surface area (Å²) in [4.78, 5) is 13.5. The summed E-state index contributed by atoms with van der Waals surface area (Å²) < 4.78 is 4.87. The number of fused-ring (bicyclic) bond motifs is 1. The third kappa shape index (κ3) is 1.11. The maximum absolute atomic E-state index is 10.4. The lowest BCUT2D eigenvalue weighted by Crippen LogP contribution is -2.28. The zero-order valence-electron chi connectivity index (χ0n) is 6.45. The molecule has 2 rings (SSSR count). The molecule has 6 heteroatoms. The molecule has 0 bridgehead atoms. The van der Waals surface area contributed by atoms with Crippen molar-refractivity contribution in [1.29, 1.82) is 0 Å². The van der Waals surface area contributed by atoms with Gasteiger partial charge in [-0.25, -0.2) is 0 Å². The topological polar surface area (TPSA) is 85.5 Å². The molecule has 0 aliphatic carbocycles. The van der Waals surface area contributed by atoms with Gasteiger partial charge in [-0.1, -0.05) is 0 Å². The second-order valence-corrected chi connectivity index (χ2v) is 2.63. The first-order valence-corrected chi connectivity index (χ1v) is 3.63. The van der Waals surface area contributed by atoms with Crippen LogP contribution in [0.1, 0.15) is 11.8 Å². The van der Waals surface area contributed by atoms with Gasteiger partial charge < -0.3 is 9.84 Å². The number of pyridine rings is 1. The lowest BCUT2D eigenvalue weighted by atomic mass is 10.2. The van der Waals surface area contributed by atoms with Crippen LogP contribution in [0.5, 0.6) is 5.75 Å². The second kappa shape index (κ2) is 2.67. The summed E-state index contributed by atoms with van der Waals surface area (Å²) in [7, 11) is 0. The van der Waals surface area contributed by atoms with Gasteiger partial charge in [0.05, 0.1) is 4.92 Å². The van der Waals surface area contributed by atoms with Crippen LogP contribution >= 0.6 is 0 Å². The van der Waals surface area contributed by atoms with E-state index in [0.717, 1.165) is 0 Å². The Morgan fingerprint density at radius 3 is 3.08 bits per heavy atom. The molecular formula is C7H6N2O4. The maximum Gasteiger partial charge on any atom is 0.385 e. The molecule has 0 spiro atoms. The Kier molecular flexibility index (Phi) is 1.63. The fourth-order valence-corrected chi connectivity index (χ4v) is 1.21. The highest BCUT2D eigenvalue weighted by Crippen LogP contribution is 2.34. The van der Waals surface area contributed by atoms with E-state index in [9.17, 15) is 15.2 Å². The molecule has 1 N–H and O–H groups in total. The molecule has 6 nitrogen and oxygen atoms in total. The Balaban J connectivity index is 2.38. The SMILES string of the molecule is O=[N+]([O-])[C@@H]1Oc2cccnc2[C@@H]1O. The molecule has 2 atom stereocenters. The van der Waals surface area contributed by atoms with E-state index in [-0.39, 0.29) is 11.4 Å². The smallest absolute Gasteiger partial charge is 0.385 e. The van der Waals surface area contributed by atoms with Gasteiger partial charge in [0.25, 0.3) is 0 Å². The maximum atomic E-state index is 10.4. The van der Waals surface area contributed by atoms with Crippen LogP contribution in [0.2, 0.25) is 0 Å². The molecule has 2 heterocycles. The van der Waals surface area contributed by atoms with E-state index in [1.165, 1.54) is 12.3 Å². The Morgan fingerprint density at radius 1 is 1.69 bits per heavy atom. The first-order chi connectivity index (χ1) is 6.20. The van der Waals surface area contributed by atoms with E-state index in [4.69, 9.17) is 4.74 Å². The molecule has 0 amide bonds. The fraction of sp³-hybridized carbons (Fsp3) is 0.286. The molecule has 1 aliphatic rings. The highest BCUT2D eigenvalue weighted by molar-refractivity contribution is 5.32. The number of nitrogens with zero attached hydrogens (tertiary/aromatic N) is 2. The van der Waals surface area contributed by atoms with Crippen LogP contribution in [-0.2, 0) is 0 Å². The third-order valence-electron chi connectivity index (χ3n) is 1.81. The van der Waals surface area contributed by atoms with Crippen molar-refractivity contribution in [3.05, 3.63) is 34.1 Å². The first-order valence-electron chi connectivity index (χ1n) is 3.63. The summed E-state index contributed by atoms with van der Waals surface area (Å²) in [6, 6.07) is 3.13. The van der Waals surface area contributed by atoms with E-state index in [1.54, 1.807) is 6.07 Å². The molecule has 0 radical (unpaired) electrons. The van der Waals surface area contributed by atoms with Crippen molar-refractivity contribution in [3.63, 3.8) is 0 Å². The minimum atomic E-state index is -1.43. The Bertz CT molecular complexity index is 354. The number of nitro groups is 1. The van der Waals surface area contributed by atoms with Crippen molar-refractivity contribution in [1.82, 2.24) is 4.98 Å². The normalized spacial score (nSPS) is 25.0. The van der Waals surface area contributed by atoms with Crippen molar-refractivity contribution in [2.24, 2.45) is 0 Å². The minimum Gasteiger partial charge on any atom is -0.426 e. The van der Waals surface area contributed by atoms with Crippen molar-refractivity contribution < 1.29 is 14.8 Å². The van der Waals surface area contributed by atoms with Crippen LogP contribution in [-0.4, -0.2) is 21.2 Å². The van der Waals surface area contributed by atoms with E-state index in [0.29, 0.717) is 0 Å². The van der Waals surface area contributed by atoms with Gasteiger partial charge in [-0.3, -0.25) is 15.1 Å². The van der Waals surface area contributed by atoms with Gasteiger partial charge in [0, 0.05) is 6.20 Å². The quantitative estimate of drug-likeness (QED) is 0.492. The van der Waals surface area contributed by atoms with Gasteiger partial charge in [0.1, 0.15) is 5.69 Å². The zero-order chi connectivity index (χ0) is 9.42. The van der Waals surface area contributed by atoms with Crippen LogP contribution in [0.15, 0.2) is 18.3 Å². The summed E-state index contributed by atoms with van der Waals surface area (Å²) in [5.41, 5.74) is 0.226. The zero-order valence-corrected chi connectivity index (χ0v) is 6.45. The summed E-state index contributed by atoms with van der Waals surface area (Å²) in [5.74, 6) is 0.275. The predicted molar refractivity (Wildman–Crippen MR) is 40.6 cm³/mol. The number of aliphatic hydroxyl groups is 1. The van der Waals surface area contributed by atoms with E-state index in [1.807, 2.05) is 0 Å². The summed E-state index contributed by atoms with van der Waals surface area (Å²) in [6.07, 6.45) is -1.25. The number of rotatable bonds is 1. The van der Waals surface area contributed by atoms with Crippen molar-refractivity contribution in [2.45, 2.75) is 12.3 Å². The average Bonchev–Trinajstić information content (AvgIpc) is 2.45. The highest BCUT2D eigenvalue weighted by Gasteiger charge is 2.42. The molecule has 0 unspecified atom stereocenters. The van der Waals surface area contributed by atoms with E-state index >= 15 is 0 Å². The van der Waals surface area contributed by atoms with Gasteiger partial charge in [0.2, 0.25) is 6.10 Å². The Morgan fingerprint density at radius 2 is 2.46 bits per heavy atom.